The number of ether oxygens (including phenoxy) is 1. The van der Waals surface area contributed by atoms with Crippen molar-refractivity contribution < 1.29 is 14.3 Å². The summed E-state index contributed by atoms with van der Waals surface area (Å²) in [6.45, 7) is 1.99. The lowest BCUT2D eigenvalue weighted by Gasteiger charge is -2.12. The predicted octanol–water partition coefficient (Wildman–Crippen LogP) is 1.31. The summed E-state index contributed by atoms with van der Waals surface area (Å²) in [5.74, 6) is -0.900. The lowest BCUT2D eigenvalue weighted by Crippen LogP contribution is -2.25. The molecule has 1 amide bonds. The summed E-state index contributed by atoms with van der Waals surface area (Å²) in [4.78, 5) is 50.4. The van der Waals surface area contributed by atoms with Crippen LogP contribution in [0.2, 0.25) is 0 Å². The number of hydrogen-bond donors (Lipinski definition) is 3. The smallest absolute Gasteiger partial charge is 0.342 e. The Morgan fingerprint density at radius 1 is 1.30 bits per heavy atom. The van der Waals surface area contributed by atoms with Gasteiger partial charge in [-0.25, -0.2) is 14.7 Å². The van der Waals surface area contributed by atoms with Gasteiger partial charge in [0.15, 0.2) is 5.03 Å². The number of amides is 1. The number of carbonyl (C=O) groups is 2. The second-order valence-corrected chi connectivity index (χ2v) is 7.85. The molecule has 0 fully saturated rings. The largest absolute Gasteiger partial charge is 0.462 e. The molecule has 11 heteroatoms. The Balaban J connectivity index is 1.75. The number of H-pyrrole nitrogens is 2. The summed E-state index contributed by atoms with van der Waals surface area (Å²) in [5, 5.41) is 8.94. The molecule has 9 nitrogen and oxygen atoms in total. The van der Waals surface area contributed by atoms with E-state index in [2.05, 4.69) is 15.5 Å². The zero-order valence-electron chi connectivity index (χ0n) is 14.5. The SMILES string of the molecule is CCOC(=O)c1c(NC(=O)CSc2n[nH]c(=O)[nH]c2=O)sc2c1CCCC2. The lowest BCUT2D eigenvalue weighted by atomic mass is 9.95. The molecule has 0 radical (unpaired) electrons. The van der Waals surface area contributed by atoms with E-state index in [4.69, 9.17) is 4.74 Å². The third-order valence-corrected chi connectivity index (χ3v) is 6.09. The fourth-order valence-corrected chi connectivity index (χ4v) is 4.73. The van der Waals surface area contributed by atoms with E-state index in [1.54, 1.807) is 6.92 Å². The van der Waals surface area contributed by atoms with E-state index in [9.17, 15) is 19.2 Å². The van der Waals surface area contributed by atoms with Crippen molar-refractivity contribution in [2.24, 2.45) is 0 Å². The summed E-state index contributed by atoms with van der Waals surface area (Å²) in [6, 6.07) is 0. The summed E-state index contributed by atoms with van der Waals surface area (Å²) in [7, 11) is 0. The number of thioether (sulfide) groups is 1. The number of esters is 1. The van der Waals surface area contributed by atoms with Crippen molar-refractivity contribution in [3.8, 4) is 0 Å². The number of aromatic amines is 2. The molecule has 0 spiro atoms. The second-order valence-electron chi connectivity index (χ2n) is 5.78. The molecule has 2 heterocycles. The summed E-state index contributed by atoms with van der Waals surface area (Å²) < 4.78 is 5.15. The molecule has 0 bridgehead atoms. The first-order valence-electron chi connectivity index (χ1n) is 8.43. The van der Waals surface area contributed by atoms with Gasteiger partial charge in [0.05, 0.1) is 17.9 Å². The van der Waals surface area contributed by atoms with Gasteiger partial charge < -0.3 is 10.1 Å². The van der Waals surface area contributed by atoms with Crippen LogP contribution in [0.25, 0.3) is 0 Å². The first-order valence-corrected chi connectivity index (χ1v) is 10.2. The lowest BCUT2D eigenvalue weighted by molar-refractivity contribution is -0.113. The van der Waals surface area contributed by atoms with Gasteiger partial charge in [0.25, 0.3) is 5.56 Å². The number of aromatic nitrogens is 3. The number of hydrogen-bond acceptors (Lipinski definition) is 8. The quantitative estimate of drug-likeness (QED) is 0.483. The highest BCUT2D eigenvalue weighted by atomic mass is 32.2. The first kappa shape index (κ1) is 19.4. The Labute approximate surface area is 161 Å². The Hall–Kier alpha value is -2.40. The van der Waals surface area contributed by atoms with Crippen molar-refractivity contribution in [1.29, 1.82) is 0 Å². The van der Waals surface area contributed by atoms with Gasteiger partial charge in [-0.05, 0) is 38.2 Å². The Bertz CT molecular complexity index is 978. The fourth-order valence-electron chi connectivity index (χ4n) is 2.80. The molecular formula is C16H18N4O5S2. The molecule has 2 aromatic heterocycles. The standard InChI is InChI=1S/C16H18N4O5S2/c1-2-25-15(23)11-8-5-3-4-6-9(8)27-13(11)17-10(21)7-26-14-12(22)18-16(24)20-19-14/h2-7H2,1H3,(H,17,21)(H2,18,20,22,24). The third-order valence-electron chi connectivity index (χ3n) is 3.92. The van der Waals surface area contributed by atoms with Gasteiger partial charge in [-0.15, -0.1) is 11.3 Å². The molecule has 1 aliphatic rings. The average Bonchev–Trinajstić information content (AvgIpc) is 2.99. The highest BCUT2D eigenvalue weighted by molar-refractivity contribution is 7.99. The number of carbonyl (C=O) groups excluding carboxylic acids is 2. The third kappa shape index (κ3) is 4.48. The van der Waals surface area contributed by atoms with E-state index in [1.165, 1.54) is 11.3 Å². The van der Waals surface area contributed by atoms with Crippen LogP contribution in [0.4, 0.5) is 5.00 Å². The fraction of sp³-hybridized carbons (Fsp3) is 0.438. The highest BCUT2D eigenvalue weighted by Crippen LogP contribution is 2.38. The Kier molecular flexibility index (Phi) is 6.11. The molecule has 0 saturated heterocycles. The minimum atomic E-state index is -0.711. The second kappa shape index (κ2) is 8.53. The zero-order valence-corrected chi connectivity index (χ0v) is 16.2. The van der Waals surface area contributed by atoms with Gasteiger partial charge in [-0.1, -0.05) is 11.8 Å². The van der Waals surface area contributed by atoms with Crippen LogP contribution in [-0.2, 0) is 22.4 Å². The van der Waals surface area contributed by atoms with Gasteiger partial charge in [0.2, 0.25) is 5.91 Å². The van der Waals surface area contributed by atoms with E-state index in [-0.39, 0.29) is 23.3 Å². The average molecular weight is 410 g/mol. The molecule has 0 aromatic carbocycles. The number of thiophene rings is 1. The zero-order chi connectivity index (χ0) is 19.4. The van der Waals surface area contributed by atoms with E-state index >= 15 is 0 Å². The molecule has 0 aliphatic heterocycles. The van der Waals surface area contributed by atoms with E-state index in [0.29, 0.717) is 10.6 Å². The minimum absolute atomic E-state index is 0.0131. The normalized spacial score (nSPS) is 13.1. The van der Waals surface area contributed by atoms with Gasteiger partial charge >= 0.3 is 11.7 Å². The molecule has 0 unspecified atom stereocenters. The molecule has 3 N–H and O–H groups in total. The van der Waals surface area contributed by atoms with E-state index in [0.717, 1.165) is 47.9 Å². The number of rotatable bonds is 6. The van der Waals surface area contributed by atoms with Crippen molar-refractivity contribution in [3.05, 3.63) is 36.8 Å². The van der Waals surface area contributed by atoms with Crippen LogP contribution in [0.3, 0.4) is 0 Å². The monoisotopic (exact) mass is 410 g/mol. The van der Waals surface area contributed by atoms with Crippen molar-refractivity contribution in [2.75, 3.05) is 17.7 Å². The van der Waals surface area contributed by atoms with Gasteiger partial charge in [-0.3, -0.25) is 14.6 Å². The van der Waals surface area contributed by atoms with Crippen LogP contribution < -0.4 is 16.6 Å². The van der Waals surface area contributed by atoms with Crippen LogP contribution >= 0.6 is 23.1 Å². The van der Waals surface area contributed by atoms with Crippen LogP contribution in [-0.4, -0.2) is 39.4 Å². The molecule has 3 rings (SSSR count). The predicted molar refractivity (Wildman–Crippen MR) is 102 cm³/mol. The maximum Gasteiger partial charge on any atom is 0.342 e. The van der Waals surface area contributed by atoms with Gasteiger partial charge in [0.1, 0.15) is 5.00 Å². The van der Waals surface area contributed by atoms with Crippen LogP contribution in [0.1, 0.15) is 40.6 Å². The molecular weight excluding hydrogens is 392 g/mol. The number of anilines is 1. The summed E-state index contributed by atoms with van der Waals surface area (Å²) in [5.41, 5.74) is 0.0358. The first-order chi connectivity index (χ1) is 13.0. The van der Waals surface area contributed by atoms with Crippen LogP contribution in [0.15, 0.2) is 14.6 Å². The van der Waals surface area contributed by atoms with Crippen molar-refractivity contribution >= 4 is 40.0 Å². The number of fused-ring (bicyclic) bond motifs is 1. The molecule has 1 aliphatic carbocycles. The molecule has 2 aromatic rings. The van der Waals surface area contributed by atoms with Crippen molar-refractivity contribution in [1.82, 2.24) is 15.2 Å². The van der Waals surface area contributed by atoms with Crippen LogP contribution in [0, 0.1) is 0 Å². The number of aryl methyl sites for hydroxylation is 1. The maximum atomic E-state index is 12.4. The molecule has 27 heavy (non-hydrogen) atoms. The van der Waals surface area contributed by atoms with Crippen molar-refractivity contribution in [2.45, 2.75) is 37.6 Å². The number of nitrogens with zero attached hydrogens (tertiary/aromatic N) is 1. The van der Waals surface area contributed by atoms with E-state index < -0.39 is 17.2 Å². The molecule has 0 atom stereocenters. The topological polar surface area (TPSA) is 134 Å². The van der Waals surface area contributed by atoms with Gasteiger partial charge in [0, 0.05) is 4.88 Å². The highest BCUT2D eigenvalue weighted by Gasteiger charge is 2.27. The minimum Gasteiger partial charge on any atom is -0.462 e. The molecule has 144 valence electrons. The Morgan fingerprint density at radius 3 is 2.81 bits per heavy atom. The molecule has 0 saturated carbocycles. The summed E-state index contributed by atoms with van der Waals surface area (Å²) in [6.07, 6.45) is 3.73. The van der Waals surface area contributed by atoms with E-state index in [1.807, 2.05) is 4.98 Å². The van der Waals surface area contributed by atoms with Crippen LogP contribution in [0.5, 0.6) is 0 Å². The van der Waals surface area contributed by atoms with Crippen molar-refractivity contribution in [3.63, 3.8) is 0 Å². The number of nitrogens with one attached hydrogen (secondary N) is 3. The van der Waals surface area contributed by atoms with Gasteiger partial charge in [-0.2, -0.15) is 5.10 Å². The summed E-state index contributed by atoms with van der Waals surface area (Å²) >= 11 is 2.29. The Morgan fingerprint density at radius 2 is 2.07 bits per heavy atom. The maximum absolute atomic E-state index is 12.4.